The number of rotatable bonds is 6. The summed E-state index contributed by atoms with van der Waals surface area (Å²) in [7, 11) is 0. The Morgan fingerprint density at radius 2 is 1.50 bits per heavy atom. The molecule has 0 bridgehead atoms. The van der Waals surface area contributed by atoms with Gasteiger partial charge in [-0.25, -0.2) is 0 Å². The predicted octanol–water partition coefficient (Wildman–Crippen LogP) is 2.65. The molecule has 0 aliphatic carbocycles. The average molecular weight is 214 g/mol. The zero-order valence-corrected chi connectivity index (χ0v) is 9.40. The topological polar surface area (TPSA) is 95.2 Å². The molecule has 0 aliphatic rings. The molecule has 0 radical (unpaired) electrons. The van der Waals surface area contributed by atoms with Crippen molar-refractivity contribution >= 4 is 0 Å². The molecule has 0 heterocycles. The summed E-state index contributed by atoms with van der Waals surface area (Å²) in [5, 5.41) is 35.4. The molecule has 0 N–H and O–H groups in total. The minimum atomic E-state index is -1.80. The van der Waals surface area contributed by atoms with Gasteiger partial charge in [0.15, 0.2) is 0 Å². The predicted molar refractivity (Wildman–Crippen MR) is 57.1 cm³/mol. The van der Waals surface area contributed by atoms with Gasteiger partial charge in [-0.05, 0) is 6.42 Å². The van der Waals surface area contributed by atoms with Gasteiger partial charge in [-0.3, -0.25) is 0 Å². The molecule has 16 heavy (non-hydrogen) atoms. The molecular formula is C12H14N4. The van der Waals surface area contributed by atoms with Gasteiger partial charge in [0.05, 0.1) is 12.0 Å². The van der Waals surface area contributed by atoms with E-state index in [1.54, 1.807) is 18.2 Å². The second-order valence-electron chi connectivity index (χ2n) is 3.67. The Kier molecular flexibility index (Phi) is 6.35. The van der Waals surface area contributed by atoms with Crippen molar-refractivity contribution in [1.82, 2.24) is 0 Å². The monoisotopic (exact) mass is 214 g/mol. The van der Waals surface area contributed by atoms with Gasteiger partial charge in [-0.1, -0.05) is 32.6 Å². The third-order valence-corrected chi connectivity index (χ3v) is 2.55. The van der Waals surface area contributed by atoms with Crippen LogP contribution in [0, 0.1) is 56.7 Å². The first kappa shape index (κ1) is 14.0. The highest BCUT2D eigenvalue weighted by Gasteiger charge is 2.40. The standard InChI is InChI=1S/C12H14N4/c1-2-3-4-5-6-11(7-13)12(8-14,9-15)10-16/h11H,2-6H2,1H3. The van der Waals surface area contributed by atoms with E-state index in [1.165, 1.54) is 0 Å². The number of nitrogens with zero attached hydrogens (tertiary/aromatic N) is 4. The molecule has 0 amide bonds. The lowest BCUT2D eigenvalue weighted by Gasteiger charge is -2.15. The summed E-state index contributed by atoms with van der Waals surface area (Å²) in [6, 6.07) is 6.89. The van der Waals surface area contributed by atoms with E-state index in [9.17, 15) is 0 Å². The molecule has 0 saturated heterocycles. The summed E-state index contributed by atoms with van der Waals surface area (Å²) in [4.78, 5) is 0. The molecule has 1 unspecified atom stereocenters. The number of nitriles is 4. The van der Waals surface area contributed by atoms with Crippen molar-refractivity contribution in [2.75, 3.05) is 0 Å². The molecule has 0 aromatic rings. The van der Waals surface area contributed by atoms with Crippen molar-refractivity contribution in [1.29, 1.82) is 21.0 Å². The summed E-state index contributed by atoms with van der Waals surface area (Å²) < 4.78 is 0. The van der Waals surface area contributed by atoms with Gasteiger partial charge < -0.3 is 0 Å². The van der Waals surface area contributed by atoms with Gasteiger partial charge in [0.25, 0.3) is 0 Å². The Morgan fingerprint density at radius 3 is 1.88 bits per heavy atom. The van der Waals surface area contributed by atoms with E-state index in [0.717, 1.165) is 25.7 Å². The summed E-state index contributed by atoms with van der Waals surface area (Å²) in [6.45, 7) is 2.08. The summed E-state index contributed by atoms with van der Waals surface area (Å²) in [5.41, 5.74) is -1.80. The van der Waals surface area contributed by atoms with Crippen LogP contribution in [0.3, 0.4) is 0 Å². The number of unbranched alkanes of at least 4 members (excludes halogenated alkanes) is 3. The van der Waals surface area contributed by atoms with Crippen LogP contribution in [-0.4, -0.2) is 0 Å². The van der Waals surface area contributed by atoms with E-state index in [0.29, 0.717) is 6.42 Å². The van der Waals surface area contributed by atoms with E-state index in [2.05, 4.69) is 6.92 Å². The lowest BCUT2D eigenvalue weighted by atomic mass is 9.77. The van der Waals surface area contributed by atoms with Crippen LogP contribution in [0.4, 0.5) is 0 Å². The molecule has 0 aromatic heterocycles. The van der Waals surface area contributed by atoms with Gasteiger partial charge in [0.2, 0.25) is 5.41 Å². The second-order valence-corrected chi connectivity index (χ2v) is 3.67. The first-order valence-corrected chi connectivity index (χ1v) is 5.34. The largest absolute Gasteiger partial charge is 0.244 e. The Labute approximate surface area is 96.3 Å². The lowest BCUT2D eigenvalue weighted by molar-refractivity contribution is 0.432. The molecule has 0 aliphatic heterocycles. The maximum atomic E-state index is 8.91. The average Bonchev–Trinajstić information content (AvgIpc) is 2.34. The molecule has 0 aromatic carbocycles. The van der Waals surface area contributed by atoms with Gasteiger partial charge in [0, 0.05) is 0 Å². The number of hydrogen-bond donors (Lipinski definition) is 0. The summed E-state index contributed by atoms with van der Waals surface area (Å²) >= 11 is 0. The molecule has 4 heteroatoms. The molecule has 0 saturated carbocycles. The quantitative estimate of drug-likeness (QED) is 0.635. The summed E-state index contributed by atoms with van der Waals surface area (Å²) in [6.07, 6.45) is 4.32. The highest BCUT2D eigenvalue weighted by molar-refractivity contribution is 5.30. The van der Waals surface area contributed by atoms with Crippen molar-refractivity contribution < 1.29 is 0 Å². The Bertz CT molecular complexity index is 336. The van der Waals surface area contributed by atoms with Crippen molar-refractivity contribution in [2.24, 2.45) is 11.3 Å². The maximum Gasteiger partial charge on any atom is 0.244 e. The van der Waals surface area contributed by atoms with Crippen molar-refractivity contribution in [2.45, 2.75) is 39.0 Å². The molecule has 0 rings (SSSR count). The highest BCUT2D eigenvalue weighted by atomic mass is 14.5. The molecular weight excluding hydrogens is 200 g/mol. The molecule has 4 nitrogen and oxygen atoms in total. The fraction of sp³-hybridized carbons (Fsp3) is 0.667. The summed E-state index contributed by atoms with van der Waals surface area (Å²) in [5.74, 6) is -0.815. The maximum absolute atomic E-state index is 8.91. The van der Waals surface area contributed by atoms with Crippen LogP contribution >= 0.6 is 0 Å². The highest BCUT2D eigenvalue weighted by Crippen LogP contribution is 2.29. The van der Waals surface area contributed by atoms with E-state index in [4.69, 9.17) is 21.0 Å². The zero-order chi connectivity index (χ0) is 12.4. The van der Waals surface area contributed by atoms with Crippen LogP contribution in [0.5, 0.6) is 0 Å². The molecule has 0 fully saturated rings. The number of hydrogen-bond acceptors (Lipinski definition) is 4. The lowest BCUT2D eigenvalue weighted by Crippen LogP contribution is -2.24. The van der Waals surface area contributed by atoms with Crippen LogP contribution in [0.15, 0.2) is 0 Å². The van der Waals surface area contributed by atoms with Gasteiger partial charge in [0.1, 0.15) is 18.2 Å². The normalized spacial score (nSPS) is 11.6. The van der Waals surface area contributed by atoms with Gasteiger partial charge in [-0.15, -0.1) is 0 Å². The third-order valence-electron chi connectivity index (χ3n) is 2.55. The molecule has 0 spiro atoms. The van der Waals surface area contributed by atoms with Crippen LogP contribution in [-0.2, 0) is 0 Å². The smallest absolute Gasteiger partial charge is 0.198 e. The Morgan fingerprint density at radius 1 is 0.938 bits per heavy atom. The van der Waals surface area contributed by atoms with Crippen molar-refractivity contribution in [3.63, 3.8) is 0 Å². The first-order valence-electron chi connectivity index (χ1n) is 5.34. The van der Waals surface area contributed by atoms with Gasteiger partial charge in [-0.2, -0.15) is 21.0 Å². The Hall–Kier alpha value is -2.04. The Balaban J connectivity index is 4.53. The fourth-order valence-electron chi connectivity index (χ4n) is 1.46. The zero-order valence-electron chi connectivity index (χ0n) is 9.40. The van der Waals surface area contributed by atoms with E-state index in [1.807, 2.05) is 6.07 Å². The SMILES string of the molecule is CCCCCCC(C#N)C(C#N)(C#N)C#N. The molecule has 1 atom stereocenters. The van der Waals surface area contributed by atoms with Crippen LogP contribution in [0.1, 0.15) is 39.0 Å². The third kappa shape index (κ3) is 3.27. The van der Waals surface area contributed by atoms with E-state index < -0.39 is 11.3 Å². The van der Waals surface area contributed by atoms with Crippen LogP contribution in [0.25, 0.3) is 0 Å². The van der Waals surface area contributed by atoms with Crippen LogP contribution in [0.2, 0.25) is 0 Å². The minimum Gasteiger partial charge on any atom is -0.198 e. The van der Waals surface area contributed by atoms with Crippen molar-refractivity contribution in [3.05, 3.63) is 0 Å². The van der Waals surface area contributed by atoms with E-state index in [-0.39, 0.29) is 0 Å². The van der Waals surface area contributed by atoms with Crippen molar-refractivity contribution in [3.8, 4) is 24.3 Å². The van der Waals surface area contributed by atoms with Crippen LogP contribution < -0.4 is 0 Å². The fourth-order valence-corrected chi connectivity index (χ4v) is 1.46. The van der Waals surface area contributed by atoms with E-state index >= 15 is 0 Å². The second kappa shape index (κ2) is 7.28. The minimum absolute atomic E-state index is 0.436. The molecule has 82 valence electrons. The first-order chi connectivity index (χ1) is 7.70. The van der Waals surface area contributed by atoms with Gasteiger partial charge >= 0.3 is 0 Å².